The minimum absolute atomic E-state index is 0.216. The van der Waals surface area contributed by atoms with E-state index in [1.165, 1.54) is 54.8 Å². The molecule has 1 nitrogen and oxygen atoms in total. The lowest BCUT2D eigenvalue weighted by atomic mass is 9.86. The molecule has 0 bridgehead atoms. The second-order valence-corrected chi connectivity index (χ2v) is 8.97. The third-order valence-corrected chi connectivity index (χ3v) is 7.06. The van der Waals surface area contributed by atoms with Crippen molar-refractivity contribution in [3.05, 3.63) is 145 Å². The zero-order valence-corrected chi connectivity index (χ0v) is 18.7. The molecule has 0 saturated carbocycles. The van der Waals surface area contributed by atoms with Gasteiger partial charge in [0.2, 0.25) is 0 Å². The number of nitrogens with zero attached hydrogens (tertiary/aromatic N) is 1. The van der Waals surface area contributed by atoms with Crippen molar-refractivity contribution in [2.24, 2.45) is 0 Å². The summed E-state index contributed by atoms with van der Waals surface area (Å²) in [5.41, 5.74) is 5.12. The maximum absolute atomic E-state index is 2.49. The topological polar surface area (TPSA) is 3.24 Å². The molecule has 0 N–H and O–H groups in total. The molecule has 1 heterocycles. The standard InChI is InChI=1S/C33H23N/c1-3-12-24(13-4-1)31-22-32(34(31)26-15-5-2-6-16-26)33-28-18-10-8-14-25(28)21-30-27-17-9-7-11-23(27)19-20-29(30)33/h1-22,31H. The fraction of sp³-hybridized carbons (Fsp3) is 0.0303. The van der Waals surface area contributed by atoms with Crippen LogP contribution in [-0.4, -0.2) is 0 Å². The van der Waals surface area contributed by atoms with Crippen molar-refractivity contribution in [2.75, 3.05) is 4.90 Å². The molecule has 1 unspecified atom stereocenters. The van der Waals surface area contributed by atoms with Crippen LogP contribution < -0.4 is 4.90 Å². The van der Waals surface area contributed by atoms with Crippen molar-refractivity contribution >= 4 is 43.7 Å². The van der Waals surface area contributed by atoms with Gasteiger partial charge in [-0.05, 0) is 62.2 Å². The molecule has 1 atom stereocenters. The van der Waals surface area contributed by atoms with Crippen molar-refractivity contribution in [3.63, 3.8) is 0 Å². The Hall–Kier alpha value is -4.36. The molecule has 0 aromatic heterocycles. The summed E-state index contributed by atoms with van der Waals surface area (Å²) in [6.07, 6.45) is 2.43. The fourth-order valence-electron chi connectivity index (χ4n) is 5.46. The highest BCUT2D eigenvalue weighted by atomic mass is 15.2. The zero-order chi connectivity index (χ0) is 22.5. The highest BCUT2D eigenvalue weighted by Gasteiger charge is 2.33. The highest BCUT2D eigenvalue weighted by molar-refractivity contribution is 6.19. The molecular formula is C33H23N. The quantitative estimate of drug-likeness (QED) is 0.199. The van der Waals surface area contributed by atoms with E-state index in [2.05, 4.69) is 138 Å². The first kappa shape index (κ1) is 19.1. The summed E-state index contributed by atoms with van der Waals surface area (Å²) in [5.74, 6) is 0. The second kappa shape index (κ2) is 7.60. The molecule has 0 radical (unpaired) electrons. The van der Waals surface area contributed by atoms with Gasteiger partial charge in [0, 0.05) is 16.9 Å². The summed E-state index contributed by atoms with van der Waals surface area (Å²) >= 11 is 0. The molecule has 0 amide bonds. The molecular weight excluding hydrogens is 410 g/mol. The summed E-state index contributed by atoms with van der Waals surface area (Å²) in [6, 6.07) is 46.2. The maximum atomic E-state index is 2.49. The molecule has 6 aromatic rings. The Labute approximate surface area is 199 Å². The van der Waals surface area contributed by atoms with E-state index in [1.54, 1.807) is 0 Å². The van der Waals surface area contributed by atoms with Crippen molar-refractivity contribution in [3.8, 4) is 0 Å². The summed E-state index contributed by atoms with van der Waals surface area (Å²) in [5, 5.41) is 7.76. The molecule has 0 spiro atoms. The van der Waals surface area contributed by atoms with E-state index in [-0.39, 0.29) is 6.04 Å². The van der Waals surface area contributed by atoms with Crippen molar-refractivity contribution in [1.82, 2.24) is 0 Å². The minimum Gasteiger partial charge on any atom is -0.330 e. The molecule has 1 aliphatic heterocycles. The van der Waals surface area contributed by atoms with Gasteiger partial charge < -0.3 is 4.90 Å². The second-order valence-electron chi connectivity index (χ2n) is 8.97. The fourth-order valence-corrected chi connectivity index (χ4v) is 5.46. The zero-order valence-electron chi connectivity index (χ0n) is 18.7. The van der Waals surface area contributed by atoms with Crippen LogP contribution in [0.25, 0.3) is 38.0 Å². The van der Waals surface area contributed by atoms with Gasteiger partial charge in [0.15, 0.2) is 0 Å². The Morgan fingerprint density at radius 2 is 1.12 bits per heavy atom. The summed E-state index contributed by atoms with van der Waals surface area (Å²) in [6.45, 7) is 0. The molecule has 1 heteroatoms. The van der Waals surface area contributed by atoms with Crippen LogP contribution in [0.3, 0.4) is 0 Å². The summed E-state index contributed by atoms with van der Waals surface area (Å²) in [7, 11) is 0. The number of benzene rings is 6. The van der Waals surface area contributed by atoms with Crippen LogP contribution >= 0.6 is 0 Å². The van der Waals surface area contributed by atoms with Crippen LogP contribution in [0.15, 0.2) is 133 Å². The molecule has 6 aromatic carbocycles. The Morgan fingerprint density at radius 3 is 1.91 bits per heavy atom. The molecule has 0 saturated heterocycles. The number of rotatable bonds is 3. The average molecular weight is 434 g/mol. The van der Waals surface area contributed by atoms with Crippen LogP contribution in [0.5, 0.6) is 0 Å². The lowest BCUT2D eigenvalue weighted by molar-refractivity contribution is 0.801. The van der Waals surface area contributed by atoms with Gasteiger partial charge in [0.05, 0.1) is 6.04 Å². The van der Waals surface area contributed by atoms with Crippen LogP contribution in [0.2, 0.25) is 0 Å². The number of fused-ring (bicyclic) bond motifs is 4. The first-order chi connectivity index (χ1) is 16.9. The van der Waals surface area contributed by atoms with E-state index in [4.69, 9.17) is 0 Å². The van der Waals surface area contributed by atoms with Crippen LogP contribution in [0.1, 0.15) is 17.2 Å². The van der Waals surface area contributed by atoms with E-state index >= 15 is 0 Å². The van der Waals surface area contributed by atoms with Gasteiger partial charge in [-0.15, -0.1) is 0 Å². The Balaban J connectivity index is 1.55. The minimum atomic E-state index is 0.216. The number of para-hydroxylation sites is 1. The summed E-state index contributed by atoms with van der Waals surface area (Å²) in [4.78, 5) is 2.49. The van der Waals surface area contributed by atoms with Gasteiger partial charge >= 0.3 is 0 Å². The van der Waals surface area contributed by atoms with E-state index in [1.807, 2.05) is 0 Å². The molecule has 0 aliphatic carbocycles. The van der Waals surface area contributed by atoms with Crippen molar-refractivity contribution in [1.29, 1.82) is 0 Å². The largest absolute Gasteiger partial charge is 0.330 e. The average Bonchev–Trinajstić information content (AvgIpc) is 2.89. The Kier molecular flexibility index (Phi) is 4.28. The van der Waals surface area contributed by atoms with E-state index in [0.717, 1.165) is 0 Å². The van der Waals surface area contributed by atoms with E-state index in [9.17, 15) is 0 Å². The number of anilines is 1. The third kappa shape index (κ3) is 2.87. The Morgan fingerprint density at radius 1 is 0.471 bits per heavy atom. The van der Waals surface area contributed by atoms with Crippen LogP contribution in [0, 0.1) is 0 Å². The molecule has 7 rings (SSSR count). The lowest BCUT2D eigenvalue weighted by Gasteiger charge is -2.43. The highest BCUT2D eigenvalue weighted by Crippen LogP contribution is 2.48. The predicted molar refractivity (Wildman–Crippen MR) is 145 cm³/mol. The van der Waals surface area contributed by atoms with E-state index < -0.39 is 0 Å². The lowest BCUT2D eigenvalue weighted by Crippen LogP contribution is -2.34. The van der Waals surface area contributed by atoms with Gasteiger partial charge in [-0.25, -0.2) is 0 Å². The van der Waals surface area contributed by atoms with Gasteiger partial charge in [-0.2, -0.15) is 0 Å². The third-order valence-electron chi connectivity index (χ3n) is 7.06. The molecule has 160 valence electrons. The summed E-state index contributed by atoms with van der Waals surface area (Å²) < 4.78 is 0. The number of hydrogen-bond donors (Lipinski definition) is 0. The van der Waals surface area contributed by atoms with Gasteiger partial charge in [-0.1, -0.05) is 109 Å². The van der Waals surface area contributed by atoms with Crippen molar-refractivity contribution < 1.29 is 0 Å². The van der Waals surface area contributed by atoms with Gasteiger partial charge in [-0.3, -0.25) is 0 Å². The van der Waals surface area contributed by atoms with Gasteiger partial charge in [0.1, 0.15) is 0 Å². The Bertz CT molecular complexity index is 1700. The normalized spacial score (nSPS) is 15.5. The molecule has 34 heavy (non-hydrogen) atoms. The van der Waals surface area contributed by atoms with Crippen LogP contribution in [0.4, 0.5) is 5.69 Å². The molecule has 1 aliphatic rings. The number of hydrogen-bond acceptors (Lipinski definition) is 1. The first-order valence-electron chi connectivity index (χ1n) is 11.8. The first-order valence-corrected chi connectivity index (χ1v) is 11.8. The van der Waals surface area contributed by atoms with Crippen molar-refractivity contribution in [2.45, 2.75) is 6.04 Å². The smallest absolute Gasteiger partial charge is 0.0798 e. The SMILES string of the molecule is C1=C(c2c3ccccc3cc3c2ccc2ccccc23)N(c2ccccc2)C1c1ccccc1. The van der Waals surface area contributed by atoms with Gasteiger partial charge in [0.25, 0.3) is 0 Å². The maximum Gasteiger partial charge on any atom is 0.0798 e. The van der Waals surface area contributed by atoms with Crippen LogP contribution in [-0.2, 0) is 0 Å². The monoisotopic (exact) mass is 433 g/mol. The predicted octanol–water partition coefficient (Wildman–Crippen LogP) is 8.75. The van der Waals surface area contributed by atoms with E-state index in [0.29, 0.717) is 0 Å². The molecule has 0 fully saturated rings.